The van der Waals surface area contributed by atoms with Crippen LogP contribution < -0.4 is 0 Å². The maximum atomic E-state index is 12.3. The van der Waals surface area contributed by atoms with Crippen LogP contribution in [0.1, 0.15) is 10.7 Å². The first-order valence-corrected chi connectivity index (χ1v) is 6.23. The van der Waals surface area contributed by atoms with Gasteiger partial charge in [-0.3, -0.25) is 9.59 Å². The van der Waals surface area contributed by atoms with Crippen LogP contribution in [-0.4, -0.2) is 46.1 Å². The molecule has 0 unspecified atom stereocenters. The lowest BCUT2D eigenvalue weighted by Crippen LogP contribution is -2.41. The van der Waals surface area contributed by atoms with Crippen LogP contribution in [0.15, 0.2) is 11.5 Å². The van der Waals surface area contributed by atoms with Crippen LogP contribution in [0.2, 0.25) is 0 Å². The molecule has 1 aromatic heterocycles. The van der Waals surface area contributed by atoms with Crippen molar-refractivity contribution in [1.29, 1.82) is 0 Å². The molecule has 110 valence electrons. The third-order valence-corrected chi connectivity index (χ3v) is 2.83. The summed E-state index contributed by atoms with van der Waals surface area (Å²) in [6, 6.07) is 0. The fourth-order valence-corrected chi connectivity index (χ4v) is 1.89. The number of hydrogen-bond acceptors (Lipinski definition) is 4. The van der Waals surface area contributed by atoms with Crippen LogP contribution in [0.4, 0.5) is 13.2 Å². The monoisotopic (exact) mass is 308 g/mol. The van der Waals surface area contributed by atoms with Crippen molar-refractivity contribution in [1.82, 2.24) is 9.88 Å². The highest BCUT2D eigenvalue weighted by Crippen LogP contribution is 2.17. The molecule has 1 amide bonds. The lowest BCUT2D eigenvalue weighted by atomic mass is 10.3. The molecule has 1 heterocycles. The summed E-state index contributed by atoms with van der Waals surface area (Å²) >= 11 is 1.32. The topological polar surface area (TPSA) is 70.5 Å². The summed E-state index contributed by atoms with van der Waals surface area (Å²) in [6.45, 7) is -0.887. The maximum Gasteiger partial charge on any atom is 0.406 e. The van der Waals surface area contributed by atoms with E-state index >= 15 is 0 Å². The summed E-state index contributed by atoms with van der Waals surface area (Å²) in [4.78, 5) is 26.3. The zero-order valence-corrected chi connectivity index (χ0v) is 11.2. The normalized spacial score (nSPS) is 11.8. The molecule has 1 rings (SSSR count). The lowest BCUT2D eigenvalue weighted by molar-refractivity contribution is -0.163. The first-order chi connectivity index (χ1) is 9.17. The molecular weight excluding hydrogens is 297 g/mol. The predicted octanol–water partition coefficient (Wildman–Crippen LogP) is 1.94. The molecule has 0 aromatic carbocycles. The van der Waals surface area contributed by atoms with Gasteiger partial charge in [-0.1, -0.05) is 0 Å². The zero-order chi connectivity index (χ0) is 15.3. The smallest absolute Gasteiger partial charge is 0.406 e. The standard InChI is InChI=1S/C11H11F3N2O3S/c1-7-15-8(5-20-7)2-3-9(17)16(4-10(18)19)6-11(12,13)14/h2-3,5H,4,6H2,1H3,(H,18,19). The van der Waals surface area contributed by atoms with Crippen molar-refractivity contribution >= 4 is 29.3 Å². The van der Waals surface area contributed by atoms with Gasteiger partial charge >= 0.3 is 12.1 Å². The molecule has 0 saturated heterocycles. The van der Waals surface area contributed by atoms with E-state index in [1.165, 1.54) is 17.4 Å². The number of amides is 1. The van der Waals surface area contributed by atoms with E-state index in [4.69, 9.17) is 5.11 Å². The van der Waals surface area contributed by atoms with Crippen molar-refractivity contribution in [2.24, 2.45) is 0 Å². The van der Waals surface area contributed by atoms with Gasteiger partial charge in [0, 0.05) is 11.5 Å². The van der Waals surface area contributed by atoms with Crippen LogP contribution >= 0.6 is 11.3 Å². The first-order valence-electron chi connectivity index (χ1n) is 5.35. The van der Waals surface area contributed by atoms with Crippen LogP contribution in [0.5, 0.6) is 0 Å². The SMILES string of the molecule is Cc1nc(C=CC(=O)N(CC(=O)O)CC(F)(F)F)cs1. The molecule has 0 aliphatic carbocycles. The minimum Gasteiger partial charge on any atom is -0.480 e. The number of carboxylic acids is 1. The van der Waals surface area contributed by atoms with Gasteiger partial charge < -0.3 is 10.0 Å². The van der Waals surface area contributed by atoms with Gasteiger partial charge in [0.1, 0.15) is 13.1 Å². The fourth-order valence-electron chi connectivity index (χ4n) is 1.31. The number of alkyl halides is 3. The van der Waals surface area contributed by atoms with Crippen molar-refractivity contribution in [3.05, 3.63) is 22.2 Å². The molecule has 1 aromatic rings. The first kappa shape index (κ1) is 16.2. The van der Waals surface area contributed by atoms with E-state index in [0.29, 0.717) is 5.69 Å². The Kier molecular flexibility index (Phi) is 5.26. The van der Waals surface area contributed by atoms with Gasteiger partial charge in [-0.2, -0.15) is 13.2 Å². The Balaban J connectivity index is 2.77. The van der Waals surface area contributed by atoms with Gasteiger partial charge in [-0.05, 0) is 13.0 Å². The number of aryl methyl sites for hydroxylation is 1. The highest BCUT2D eigenvalue weighted by molar-refractivity contribution is 7.09. The fraction of sp³-hybridized carbons (Fsp3) is 0.364. The number of halogens is 3. The van der Waals surface area contributed by atoms with Crippen molar-refractivity contribution in [2.45, 2.75) is 13.1 Å². The Morgan fingerprint density at radius 1 is 1.50 bits per heavy atom. The molecule has 0 saturated carbocycles. The van der Waals surface area contributed by atoms with E-state index in [9.17, 15) is 22.8 Å². The van der Waals surface area contributed by atoms with Crippen molar-refractivity contribution in [3.63, 3.8) is 0 Å². The molecule has 0 bridgehead atoms. The molecule has 1 N–H and O–H groups in total. The van der Waals surface area contributed by atoms with Crippen LogP contribution in [-0.2, 0) is 9.59 Å². The van der Waals surface area contributed by atoms with Gasteiger partial charge in [0.15, 0.2) is 0 Å². The molecule has 0 aliphatic rings. The van der Waals surface area contributed by atoms with Gasteiger partial charge in [0.25, 0.3) is 0 Å². The average molecular weight is 308 g/mol. The second-order valence-corrected chi connectivity index (χ2v) is 4.89. The quantitative estimate of drug-likeness (QED) is 0.844. The highest BCUT2D eigenvalue weighted by atomic mass is 32.1. The Morgan fingerprint density at radius 2 is 2.15 bits per heavy atom. The van der Waals surface area contributed by atoms with Crippen molar-refractivity contribution in [2.75, 3.05) is 13.1 Å². The third kappa shape index (κ3) is 5.83. The lowest BCUT2D eigenvalue weighted by Gasteiger charge is -2.20. The minimum absolute atomic E-state index is 0.206. The van der Waals surface area contributed by atoms with E-state index in [2.05, 4.69) is 4.98 Å². The average Bonchev–Trinajstić information content (AvgIpc) is 2.68. The number of rotatable bonds is 5. The Hall–Kier alpha value is -1.90. The van der Waals surface area contributed by atoms with Crippen molar-refractivity contribution < 1.29 is 27.9 Å². The molecule has 0 aliphatic heterocycles. The number of aliphatic carboxylic acids is 1. The number of carbonyl (C=O) groups is 2. The van der Waals surface area contributed by atoms with E-state index in [1.54, 1.807) is 12.3 Å². The van der Waals surface area contributed by atoms with E-state index in [-0.39, 0.29) is 4.90 Å². The van der Waals surface area contributed by atoms with E-state index in [1.807, 2.05) is 0 Å². The molecule has 9 heteroatoms. The Morgan fingerprint density at radius 3 is 2.60 bits per heavy atom. The number of nitrogens with zero attached hydrogens (tertiary/aromatic N) is 2. The number of thiazole rings is 1. The van der Waals surface area contributed by atoms with E-state index in [0.717, 1.165) is 11.1 Å². The molecule has 0 atom stereocenters. The molecule has 0 radical (unpaired) electrons. The number of hydrogen-bond donors (Lipinski definition) is 1. The van der Waals surface area contributed by atoms with Crippen LogP contribution in [0.3, 0.4) is 0 Å². The summed E-state index contributed by atoms with van der Waals surface area (Å²) in [5.41, 5.74) is 0.433. The molecular formula is C11H11F3N2O3S. The number of carbonyl (C=O) groups excluding carboxylic acids is 1. The summed E-state index contributed by atoms with van der Waals surface area (Å²) in [5, 5.41) is 10.9. The largest absolute Gasteiger partial charge is 0.480 e. The van der Waals surface area contributed by atoms with Gasteiger partial charge in [0.2, 0.25) is 5.91 Å². The molecule has 0 fully saturated rings. The maximum absolute atomic E-state index is 12.3. The second kappa shape index (κ2) is 6.51. The van der Waals surface area contributed by atoms with Crippen LogP contribution in [0.25, 0.3) is 6.08 Å². The Bertz CT molecular complexity index is 525. The van der Waals surface area contributed by atoms with Gasteiger partial charge in [-0.15, -0.1) is 11.3 Å². The summed E-state index contributed by atoms with van der Waals surface area (Å²) < 4.78 is 36.8. The Labute approximate surface area is 116 Å². The molecule has 20 heavy (non-hydrogen) atoms. The van der Waals surface area contributed by atoms with Gasteiger partial charge in [-0.25, -0.2) is 4.98 Å². The molecule has 5 nitrogen and oxygen atoms in total. The number of aromatic nitrogens is 1. The van der Waals surface area contributed by atoms with Crippen LogP contribution in [0, 0.1) is 6.92 Å². The van der Waals surface area contributed by atoms with E-state index < -0.39 is 31.1 Å². The molecule has 0 spiro atoms. The third-order valence-electron chi connectivity index (χ3n) is 2.04. The number of carboxylic acid groups (broad SMARTS) is 1. The minimum atomic E-state index is -4.66. The van der Waals surface area contributed by atoms with Gasteiger partial charge in [0.05, 0.1) is 10.7 Å². The highest BCUT2D eigenvalue weighted by Gasteiger charge is 2.33. The summed E-state index contributed by atoms with van der Waals surface area (Å²) in [6.07, 6.45) is -2.53. The summed E-state index contributed by atoms with van der Waals surface area (Å²) in [7, 11) is 0. The summed E-state index contributed by atoms with van der Waals surface area (Å²) in [5.74, 6) is -2.55. The zero-order valence-electron chi connectivity index (χ0n) is 10.3. The second-order valence-electron chi connectivity index (χ2n) is 3.83. The predicted molar refractivity (Wildman–Crippen MR) is 66.2 cm³/mol. The van der Waals surface area contributed by atoms with Crippen molar-refractivity contribution in [3.8, 4) is 0 Å².